The second kappa shape index (κ2) is 2.87. The standard InChI is InChI=1S/C6H8N4O/c7-9-6-2-1-5(4-11)3-10(6)8/h1-4H,7-8H2/b9-6-. The monoisotopic (exact) mass is 152 g/mol. The highest BCUT2D eigenvalue weighted by Gasteiger charge is 1.90. The molecular weight excluding hydrogens is 144 g/mol. The van der Waals surface area contributed by atoms with Gasteiger partial charge in [0, 0.05) is 11.8 Å². The summed E-state index contributed by atoms with van der Waals surface area (Å²) in [5, 5.41) is 3.37. The van der Waals surface area contributed by atoms with Gasteiger partial charge in [-0.3, -0.25) is 9.47 Å². The first-order chi connectivity index (χ1) is 5.27. The number of aromatic nitrogens is 1. The number of pyridine rings is 1. The van der Waals surface area contributed by atoms with Gasteiger partial charge in [0.1, 0.15) is 0 Å². The Hall–Kier alpha value is -1.78. The molecule has 0 bridgehead atoms. The smallest absolute Gasteiger partial charge is 0.170 e. The summed E-state index contributed by atoms with van der Waals surface area (Å²) in [4.78, 5) is 10.2. The summed E-state index contributed by atoms with van der Waals surface area (Å²) in [6.07, 6.45) is 2.14. The molecule has 0 aromatic carbocycles. The molecule has 0 amide bonds. The van der Waals surface area contributed by atoms with Gasteiger partial charge in [-0.25, -0.2) is 0 Å². The molecule has 1 aromatic rings. The minimum Gasteiger partial charge on any atom is -0.338 e. The molecule has 0 saturated heterocycles. The Kier molecular flexibility index (Phi) is 1.91. The van der Waals surface area contributed by atoms with Crippen LogP contribution in [0.15, 0.2) is 23.4 Å². The van der Waals surface area contributed by atoms with Gasteiger partial charge in [0.2, 0.25) is 0 Å². The van der Waals surface area contributed by atoms with E-state index in [1.165, 1.54) is 10.9 Å². The summed E-state index contributed by atoms with van der Waals surface area (Å²) >= 11 is 0. The molecule has 0 aliphatic rings. The van der Waals surface area contributed by atoms with Gasteiger partial charge in [0.25, 0.3) is 0 Å². The maximum absolute atomic E-state index is 10.2. The minimum atomic E-state index is 0.413. The first kappa shape index (κ1) is 7.33. The molecule has 5 heteroatoms. The van der Waals surface area contributed by atoms with E-state index < -0.39 is 0 Å². The van der Waals surface area contributed by atoms with Crippen LogP contribution in [0.4, 0.5) is 0 Å². The van der Waals surface area contributed by atoms with Crippen molar-refractivity contribution in [1.82, 2.24) is 4.68 Å². The highest BCUT2D eigenvalue weighted by Crippen LogP contribution is 1.86. The van der Waals surface area contributed by atoms with Crippen LogP contribution in [0.3, 0.4) is 0 Å². The molecule has 11 heavy (non-hydrogen) atoms. The van der Waals surface area contributed by atoms with Gasteiger partial charge in [-0.2, -0.15) is 5.10 Å². The fourth-order valence-corrected chi connectivity index (χ4v) is 0.706. The Morgan fingerprint density at radius 1 is 1.55 bits per heavy atom. The van der Waals surface area contributed by atoms with E-state index in [0.29, 0.717) is 17.3 Å². The zero-order valence-corrected chi connectivity index (χ0v) is 5.77. The number of aldehydes is 1. The molecule has 0 saturated carbocycles. The SMILES string of the molecule is N/N=c1/ccc(C=O)cn1N. The van der Waals surface area contributed by atoms with E-state index in [0.717, 1.165) is 0 Å². The summed E-state index contributed by atoms with van der Waals surface area (Å²) in [6.45, 7) is 0. The number of hydrogen-bond donors (Lipinski definition) is 2. The van der Waals surface area contributed by atoms with Gasteiger partial charge in [0.15, 0.2) is 11.8 Å². The van der Waals surface area contributed by atoms with Crippen LogP contribution in [0, 0.1) is 0 Å². The Bertz CT molecular complexity index is 328. The number of nitrogens with two attached hydrogens (primary N) is 2. The first-order valence-corrected chi connectivity index (χ1v) is 2.95. The number of carbonyl (C=O) groups is 1. The lowest BCUT2D eigenvalue weighted by Crippen LogP contribution is -2.28. The Morgan fingerprint density at radius 3 is 2.73 bits per heavy atom. The predicted octanol–water partition coefficient (Wildman–Crippen LogP) is -1.21. The summed E-state index contributed by atoms with van der Waals surface area (Å²) in [6, 6.07) is 3.14. The van der Waals surface area contributed by atoms with Crippen molar-refractivity contribution >= 4 is 6.29 Å². The lowest BCUT2D eigenvalue weighted by molar-refractivity contribution is 0.112. The van der Waals surface area contributed by atoms with Gasteiger partial charge >= 0.3 is 0 Å². The molecule has 4 N–H and O–H groups in total. The van der Waals surface area contributed by atoms with Crippen molar-refractivity contribution in [3.63, 3.8) is 0 Å². The molecule has 0 aliphatic carbocycles. The molecule has 0 spiro atoms. The van der Waals surface area contributed by atoms with Crippen LogP contribution >= 0.6 is 0 Å². The summed E-state index contributed by atoms with van der Waals surface area (Å²) in [5.74, 6) is 10.4. The first-order valence-electron chi connectivity index (χ1n) is 2.95. The number of nitrogens with zero attached hydrogens (tertiary/aromatic N) is 2. The highest BCUT2D eigenvalue weighted by atomic mass is 16.1. The molecule has 0 fully saturated rings. The lowest BCUT2D eigenvalue weighted by atomic mass is 10.3. The summed E-state index contributed by atoms with van der Waals surface area (Å²) in [5.41, 5.74) is 0.899. The second-order valence-corrected chi connectivity index (χ2v) is 1.97. The normalized spacial score (nSPS) is 11.5. The van der Waals surface area contributed by atoms with Gasteiger partial charge in [-0.05, 0) is 12.1 Å². The Balaban J connectivity index is 3.31. The minimum absolute atomic E-state index is 0.413. The quantitative estimate of drug-likeness (QED) is 0.300. The fraction of sp³-hybridized carbons (Fsp3) is 0. The van der Waals surface area contributed by atoms with E-state index in [4.69, 9.17) is 11.7 Å². The van der Waals surface area contributed by atoms with Crippen molar-refractivity contribution in [2.75, 3.05) is 5.84 Å². The maximum atomic E-state index is 10.2. The molecule has 5 nitrogen and oxygen atoms in total. The summed E-state index contributed by atoms with van der Waals surface area (Å²) in [7, 11) is 0. The topological polar surface area (TPSA) is 86.4 Å². The molecule has 1 aromatic heterocycles. The van der Waals surface area contributed by atoms with Crippen molar-refractivity contribution in [2.45, 2.75) is 0 Å². The van der Waals surface area contributed by atoms with E-state index >= 15 is 0 Å². The fourth-order valence-electron chi connectivity index (χ4n) is 0.706. The zero-order chi connectivity index (χ0) is 8.27. The van der Waals surface area contributed by atoms with Gasteiger partial charge in [-0.1, -0.05) is 0 Å². The van der Waals surface area contributed by atoms with Crippen LogP contribution in [-0.2, 0) is 0 Å². The van der Waals surface area contributed by atoms with E-state index in [1.54, 1.807) is 12.1 Å². The van der Waals surface area contributed by atoms with E-state index in [-0.39, 0.29) is 0 Å². The van der Waals surface area contributed by atoms with Gasteiger partial charge in [0.05, 0.1) is 0 Å². The summed E-state index contributed by atoms with van der Waals surface area (Å²) < 4.78 is 1.18. The molecular formula is C6H8N4O. The Labute approximate surface area is 62.9 Å². The van der Waals surface area contributed by atoms with Crippen molar-refractivity contribution in [3.8, 4) is 0 Å². The van der Waals surface area contributed by atoms with Crippen LogP contribution in [0.5, 0.6) is 0 Å². The number of carbonyl (C=O) groups excluding carboxylic acids is 1. The molecule has 0 atom stereocenters. The molecule has 1 heterocycles. The lowest BCUT2D eigenvalue weighted by Gasteiger charge is -1.97. The van der Waals surface area contributed by atoms with Crippen LogP contribution in [0.1, 0.15) is 10.4 Å². The molecule has 0 unspecified atom stereocenters. The molecule has 1 rings (SSSR count). The average Bonchev–Trinajstić information content (AvgIpc) is 2.04. The van der Waals surface area contributed by atoms with Gasteiger partial charge < -0.3 is 11.7 Å². The second-order valence-electron chi connectivity index (χ2n) is 1.97. The largest absolute Gasteiger partial charge is 0.338 e. The number of rotatable bonds is 1. The van der Waals surface area contributed by atoms with E-state index in [9.17, 15) is 4.79 Å². The molecule has 0 aliphatic heterocycles. The van der Waals surface area contributed by atoms with E-state index in [2.05, 4.69) is 5.10 Å². The third kappa shape index (κ3) is 1.37. The van der Waals surface area contributed by atoms with Crippen LogP contribution in [0.2, 0.25) is 0 Å². The van der Waals surface area contributed by atoms with Gasteiger partial charge in [-0.15, -0.1) is 0 Å². The third-order valence-electron chi connectivity index (χ3n) is 1.25. The Morgan fingerprint density at radius 2 is 2.27 bits per heavy atom. The van der Waals surface area contributed by atoms with Crippen molar-refractivity contribution in [3.05, 3.63) is 29.4 Å². The average molecular weight is 152 g/mol. The van der Waals surface area contributed by atoms with Crippen LogP contribution in [0.25, 0.3) is 0 Å². The van der Waals surface area contributed by atoms with Crippen LogP contribution in [-0.4, -0.2) is 11.0 Å². The number of nitrogen functional groups attached to an aromatic ring is 1. The highest BCUT2D eigenvalue weighted by molar-refractivity contribution is 5.73. The van der Waals surface area contributed by atoms with Crippen molar-refractivity contribution < 1.29 is 4.79 Å². The third-order valence-corrected chi connectivity index (χ3v) is 1.25. The van der Waals surface area contributed by atoms with Crippen molar-refractivity contribution in [2.24, 2.45) is 10.9 Å². The van der Waals surface area contributed by atoms with Crippen LogP contribution < -0.4 is 17.2 Å². The predicted molar refractivity (Wildman–Crippen MR) is 39.7 cm³/mol. The van der Waals surface area contributed by atoms with Crippen molar-refractivity contribution in [1.29, 1.82) is 0 Å². The zero-order valence-electron chi connectivity index (χ0n) is 5.77. The molecule has 0 radical (unpaired) electrons. The maximum Gasteiger partial charge on any atom is 0.170 e. The molecule has 58 valence electrons. The number of hydrogen-bond acceptors (Lipinski definition) is 4. The van der Waals surface area contributed by atoms with E-state index in [1.807, 2.05) is 0 Å².